The summed E-state index contributed by atoms with van der Waals surface area (Å²) in [6.45, 7) is 4.47. The Morgan fingerprint density at radius 2 is 1.70 bits per heavy atom. The number of benzene rings is 2. The van der Waals surface area contributed by atoms with Crippen molar-refractivity contribution in [1.29, 1.82) is 0 Å². The minimum absolute atomic E-state index is 0.207. The molecule has 9 heteroatoms. The van der Waals surface area contributed by atoms with Crippen molar-refractivity contribution in [1.82, 2.24) is 9.62 Å². The number of carbonyl (C=O) groups is 2. The van der Waals surface area contributed by atoms with E-state index in [9.17, 15) is 18.0 Å². The predicted octanol–water partition coefficient (Wildman–Crippen LogP) is 3.00. The van der Waals surface area contributed by atoms with Crippen LogP contribution in [0.25, 0.3) is 0 Å². The van der Waals surface area contributed by atoms with E-state index < -0.39 is 21.8 Å². The van der Waals surface area contributed by atoms with E-state index in [0.29, 0.717) is 30.8 Å². The summed E-state index contributed by atoms with van der Waals surface area (Å²) in [6.07, 6.45) is 2.84. The molecule has 2 aromatic rings. The van der Waals surface area contributed by atoms with Gasteiger partial charge in [-0.05, 0) is 80.6 Å². The molecule has 1 fully saturated rings. The van der Waals surface area contributed by atoms with Crippen LogP contribution in [0.4, 0.5) is 5.69 Å². The molecular weight excluding hydrogens is 442 g/mol. The van der Waals surface area contributed by atoms with Crippen LogP contribution in [-0.2, 0) is 19.6 Å². The molecule has 1 atom stereocenters. The SMILES string of the molecule is COc1ccc(S(=O)(=O)N2CCCC[C@@H]2CCNC(=O)C(=O)Nc2cc(C)cc(C)c2)cc1. The van der Waals surface area contributed by atoms with Gasteiger partial charge in [-0.3, -0.25) is 9.59 Å². The first-order valence-corrected chi connectivity index (χ1v) is 12.5. The molecule has 1 aliphatic heterocycles. The van der Waals surface area contributed by atoms with E-state index >= 15 is 0 Å². The first-order valence-electron chi connectivity index (χ1n) is 11.0. The van der Waals surface area contributed by atoms with Gasteiger partial charge in [-0.15, -0.1) is 0 Å². The standard InChI is InChI=1S/C24H31N3O5S/c1-17-14-18(2)16-19(15-17)26-24(29)23(28)25-12-11-20-6-4-5-13-27(20)33(30,31)22-9-7-21(32-3)8-10-22/h7-10,14-16,20H,4-6,11-13H2,1-3H3,(H,25,28)(H,26,29)/t20-/m1/s1. The third-order valence-electron chi connectivity index (χ3n) is 5.69. The van der Waals surface area contributed by atoms with Crippen molar-refractivity contribution >= 4 is 27.5 Å². The van der Waals surface area contributed by atoms with Gasteiger partial charge in [0.15, 0.2) is 0 Å². The largest absolute Gasteiger partial charge is 0.497 e. The minimum Gasteiger partial charge on any atom is -0.497 e. The fourth-order valence-electron chi connectivity index (χ4n) is 4.13. The highest BCUT2D eigenvalue weighted by molar-refractivity contribution is 7.89. The van der Waals surface area contributed by atoms with Crippen molar-refractivity contribution in [3.8, 4) is 5.75 Å². The number of ether oxygens (including phenoxy) is 1. The first-order chi connectivity index (χ1) is 15.7. The third kappa shape index (κ3) is 6.33. The van der Waals surface area contributed by atoms with Crippen LogP contribution in [0.3, 0.4) is 0 Å². The van der Waals surface area contributed by atoms with Crippen molar-refractivity contribution in [3.63, 3.8) is 0 Å². The minimum atomic E-state index is -3.67. The Labute approximate surface area is 195 Å². The fourth-order valence-corrected chi connectivity index (χ4v) is 5.85. The third-order valence-corrected chi connectivity index (χ3v) is 7.65. The second-order valence-electron chi connectivity index (χ2n) is 8.32. The van der Waals surface area contributed by atoms with Gasteiger partial charge >= 0.3 is 11.8 Å². The molecule has 0 saturated carbocycles. The molecule has 2 amide bonds. The van der Waals surface area contributed by atoms with Gasteiger partial charge in [-0.2, -0.15) is 4.31 Å². The maximum Gasteiger partial charge on any atom is 0.313 e. The van der Waals surface area contributed by atoms with Crippen LogP contribution >= 0.6 is 0 Å². The fraction of sp³-hybridized carbons (Fsp3) is 0.417. The van der Waals surface area contributed by atoms with Crippen LogP contribution in [0.2, 0.25) is 0 Å². The number of aryl methyl sites for hydroxylation is 2. The summed E-state index contributed by atoms with van der Waals surface area (Å²) >= 11 is 0. The molecule has 33 heavy (non-hydrogen) atoms. The molecule has 0 aromatic heterocycles. The number of methoxy groups -OCH3 is 1. The molecular formula is C24H31N3O5S. The molecule has 0 bridgehead atoms. The second-order valence-corrected chi connectivity index (χ2v) is 10.2. The predicted molar refractivity (Wildman–Crippen MR) is 127 cm³/mol. The number of rotatable bonds is 7. The van der Waals surface area contributed by atoms with Gasteiger partial charge < -0.3 is 15.4 Å². The normalized spacial score (nSPS) is 16.8. The molecule has 2 aromatic carbocycles. The number of sulfonamides is 1. The molecule has 1 aliphatic rings. The number of amides is 2. The highest BCUT2D eigenvalue weighted by atomic mass is 32.2. The summed E-state index contributed by atoms with van der Waals surface area (Å²) in [5.74, 6) is -0.896. The summed E-state index contributed by atoms with van der Waals surface area (Å²) in [7, 11) is -2.14. The zero-order valence-electron chi connectivity index (χ0n) is 19.3. The lowest BCUT2D eigenvalue weighted by atomic mass is 10.0. The van der Waals surface area contributed by atoms with E-state index in [4.69, 9.17) is 4.74 Å². The Hall–Kier alpha value is -2.91. The summed E-state index contributed by atoms with van der Waals surface area (Å²) in [5.41, 5.74) is 2.54. The number of nitrogens with zero attached hydrogens (tertiary/aromatic N) is 1. The van der Waals surface area contributed by atoms with Crippen LogP contribution in [0.1, 0.15) is 36.8 Å². The zero-order valence-corrected chi connectivity index (χ0v) is 20.1. The van der Waals surface area contributed by atoms with Crippen molar-refractivity contribution in [2.24, 2.45) is 0 Å². The van der Waals surface area contributed by atoms with E-state index in [1.54, 1.807) is 36.4 Å². The molecule has 0 unspecified atom stereocenters. The van der Waals surface area contributed by atoms with Gasteiger partial charge in [0.05, 0.1) is 12.0 Å². The summed E-state index contributed by atoms with van der Waals surface area (Å²) in [5, 5.41) is 5.23. The van der Waals surface area contributed by atoms with E-state index in [0.717, 1.165) is 24.0 Å². The van der Waals surface area contributed by atoms with Gasteiger partial charge in [0, 0.05) is 24.8 Å². The lowest BCUT2D eigenvalue weighted by Gasteiger charge is -2.34. The summed E-state index contributed by atoms with van der Waals surface area (Å²) in [4.78, 5) is 24.7. The van der Waals surface area contributed by atoms with E-state index in [1.165, 1.54) is 11.4 Å². The summed E-state index contributed by atoms with van der Waals surface area (Å²) < 4.78 is 33.0. The Morgan fingerprint density at radius 3 is 2.33 bits per heavy atom. The van der Waals surface area contributed by atoms with Gasteiger partial charge in [0.25, 0.3) is 0 Å². The average molecular weight is 474 g/mol. The smallest absolute Gasteiger partial charge is 0.313 e. The lowest BCUT2D eigenvalue weighted by Crippen LogP contribution is -2.45. The Morgan fingerprint density at radius 1 is 1.03 bits per heavy atom. The topological polar surface area (TPSA) is 105 Å². The highest BCUT2D eigenvalue weighted by Crippen LogP contribution is 2.28. The average Bonchev–Trinajstić information content (AvgIpc) is 2.78. The van der Waals surface area contributed by atoms with E-state index in [1.807, 2.05) is 19.9 Å². The number of carbonyl (C=O) groups excluding carboxylic acids is 2. The molecule has 1 heterocycles. The molecule has 2 N–H and O–H groups in total. The maximum atomic E-state index is 13.2. The number of nitrogens with one attached hydrogen (secondary N) is 2. The molecule has 3 rings (SSSR count). The monoisotopic (exact) mass is 473 g/mol. The van der Waals surface area contributed by atoms with E-state index in [2.05, 4.69) is 10.6 Å². The quantitative estimate of drug-likeness (QED) is 0.602. The molecule has 0 spiro atoms. The van der Waals surface area contributed by atoms with Crippen LogP contribution in [0.5, 0.6) is 5.75 Å². The van der Waals surface area contributed by atoms with Crippen molar-refractivity contribution in [2.45, 2.75) is 50.5 Å². The number of anilines is 1. The molecule has 8 nitrogen and oxygen atoms in total. The molecule has 178 valence electrons. The number of hydrogen-bond acceptors (Lipinski definition) is 5. The molecule has 0 radical (unpaired) electrons. The van der Waals surface area contributed by atoms with Crippen molar-refractivity contribution < 1.29 is 22.7 Å². The van der Waals surface area contributed by atoms with Crippen LogP contribution in [-0.4, -0.2) is 50.8 Å². The van der Waals surface area contributed by atoms with Crippen molar-refractivity contribution in [2.75, 3.05) is 25.5 Å². The second kappa shape index (κ2) is 10.8. The Bertz CT molecular complexity index is 1080. The van der Waals surface area contributed by atoms with Gasteiger partial charge in [-0.25, -0.2) is 8.42 Å². The first kappa shape index (κ1) is 24.7. The number of piperidine rings is 1. The highest BCUT2D eigenvalue weighted by Gasteiger charge is 2.33. The van der Waals surface area contributed by atoms with E-state index in [-0.39, 0.29) is 17.5 Å². The van der Waals surface area contributed by atoms with Crippen LogP contribution < -0.4 is 15.4 Å². The number of hydrogen-bond donors (Lipinski definition) is 2. The van der Waals surface area contributed by atoms with Crippen LogP contribution in [0.15, 0.2) is 47.4 Å². The van der Waals surface area contributed by atoms with Gasteiger partial charge in [0.1, 0.15) is 5.75 Å². The Balaban J connectivity index is 1.58. The van der Waals surface area contributed by atoms with Gasteiger partial charge in [0.2, 0.25) is 10.0 Å². The zero-order chi connectivity index (χ0) is 24.0. The summed E-state index contributed by atoms with van der Waals surface area (Å²) in [6, 6.07) is 11.7. The lowest BCUT2D eigenvalue weighted by molar-refractivity contribution is -0.136. The molecule has 1 saturated heterocycles. The Kier molecular flexibility index (Phi) is 8.10. The maximum absolute atomic E-state index is 13.2. The molecule has 0 aliphatic carbocycles. The van der Waals surface area contributed by atoms with Gasteiger partial charge in [-0.1, -0.05) is 12.5 Å². The van der Waals surface area contributed by atoms with Crippen LogP contribution in [0, 0.1) is 13.8 Å². The van der Waals surface area contributed by atoms with Crippen molar-refractivity contribution in [3.05, 3.63) is 53.6 Å².